The van der Waals surface area contributed by atoms with Crippen LogP contribution in [0.5, 0.6) is 5.75 Å². The van der Waals surface area contributed by atoms with Crippen LogP contribution < -0.4 is 4.74 Å². The predicted octanol–water partition coefficient (Wildman–Crippen LogP) is 3.09. The molecule has 0 fully saturated rings. The highest BCUT2D eigenvalue weighted by Gasteiger charge is 2.24. The van der Waals surface area contributed by atoms with Crippen LogP contribution >= 0.6 is 7.60 Å². The topological polar surface area (TPSA) is 44.8 Å². The first-order valence-electron chi connectivity index (χ1n) is 5.17. The normalized spacial score (nSPS) is 11.4. The van der Waals surface area contributed by atoms with Crippen molar-refractivity contribution in [3.05, 3.63) is 30.3 Å². The minimum atomic E-state index is -3.12. The largest absolute Gasteiger partial charge is 0.481 e. The van der Waals surface area contributed by atoms with Crippen molar-refractivity contribution in [2.45, 2.75) is 13.8 Å². The Morgan fingerprint density at radius 2 is 2.00 bits per heavy atom. The molecule has 0 N–H and O–H groups in total. The lowest BCUT2D eigenvalue weighted by molar-refractivity contribution is 0.197. The molecule has 0 unspecified atom stereocenters. The second-order valence-electron chi connectivity index (χ2n) is 2.96. The van der Waals surface area contributed by atoms with Crippen LogP contribution in [-0.4, -0.2) is 19.6 Å². The summed E-state index contributed by atoms with van der Waals surface area (Å²) in [5.74, 6) is 0.599. The van der Waals surface area contributed by atoms with Crippen LogP contribution in [0.1, 0.15) is 13.8 Å². The van der Waals surface area contributed by atoms with E-state index in [-0.39, 0.29) is 6.35 Å². The van der Waals surface area contributed by atoms with Crippen molar-refractivity contribution in [3.8, 4) is 5.75 Å². The van der Waals surface area contributed by atoms with E-state index in [1.54, 1.807) is 38.1 Å². The minimum Gasteiger partial charge on any atom is -0.481 e. The van der Waals surface area contributed by atoms with E-state index in [1.807, 2.05) is 0 Å². The van der Waals surface area contributed by atoms with Crippen LogP contribution in [0, 0.1) is 6.07 Å². The molecule has 1 aromatic carbocycles. The number of hydrogen-bond acceptors (Lipinski definition) is 4. The average Bonchev–Trinajstić information content (AvgIpc) is 2.29. The third kappa shape index (κ3) is 4.35. The Bertz CT molecular complexity index is 329. The lowest BCUT2D eigenvalue weighted by atomic mass is 10.3. The van der Waals surface area contributed by atoms with E-state index < -0.39 is 7.60 Å². The highest BCUT2D eigenvalue weighted by Crippen LogP contribution is 2.47. The van der Waals surface area contributed by atoms with Gasteiger partial charge in [-0.25, -0.2) is 0 Å². The van der Waals surface area contributed by atoms with Gasteiger partial charge < -0.3 is 13.8 Å². The maximum atomic E-state index is 12.0. The lowest BCUT2D eigenvalue weighted by Crippen LogP contribution is -2.05. The molecule has 0 heterocycles. The summed E-state index contributed by atoms with van der Waals surface area (Å²) in [6, 6.07) is 9.85. The molecule has 16 heavy (non-hydrogen) atoms. The molecule has 0 aliphatic carbocycles. The van der Waals surface area contributed by atoms with Gasteiger partial charge in [-0.2, -0.15) is 0 Å². The molecule has 0 aliphatic heterocycles. The molecule has 0 saturated heterocycles. The zero-order chi connectivity index (χ0) is 11.9. The fourth-order valence-corrected chi connectivity index (χ4v) is 2.44. The van der Waals surface area contributed by atoms with Crippen molar-refractivity contribution in [1.29, 1.82) is 0 Å². The van der Waals surface area contributed by atoms with Gasteiger partial charge in [-0.1, -0.05) is 12.1 Å². The van der Waals surface area contributed by atoms with E-state index >= 15 is 0 Å². The molecule has 5 heteroatoms. The van der Waals surface area contributed by atoms with Gasteiger partial charge in [-0.15, -0.1) is 0 Å². The average molecular weight is 243 g/mol. The van der Waals surface area contributed by atoms with E-state index in [2.05, 4.69) is 6.07 Å². The standard InChI is InChI=1S/C11H16O4P/c1-3-14-16(12,15-4-2)10-13-11-8-6-5-7-9-11/h5-6,8-9H,3-4,10H2,1-2H3. The summed E-state index contributed by atoms with van der Waals surface area (Å²) in [5.41, 5.74) is 0. The van der Waals surface area contributed by atoms with Crippen LogP contribution in [0.4, 0.5) is 0 Å². The minimum absolute atomic E-state index is 0.0769. The van der Waals surface area contributed by atoms with Crippen molar-refractivity contribution in [2.75, 3.05) is 19.6 Å². The maximum Gasteiger partial charge on any atom is 0.367 e. The van der Waals surface area contributed by atoms with Gasteiger partial charge in [0.2, 0.25) is 0 Å². The van der Waals surface area contributed by atoms with Gasteiger partial charge in [0.05, 0.1) is 13.2 Å². The Balaban J connectivity index is 2.53. The highest BCUT2D eigenvalue weighted by molar-refractivity contribution is 7.53. The molecule has 1 rings (SSSR count). The molecule has 0 aliphatic rings. The number of hydrogen-bond donors (Lipinski definition) is 0. The summed E-state index contributed by atoms with van der Waals surface area (Å²) in [7, 11) is -3.12. The van der Waals surface area contributed by atoms with Crippen molar-refractivity contribution < 1.29 is 18.3 Å². The second kappa shape index (κ2) is 6.69. The summed E-state index contributed by atoms with van der Waals surface area (Å²) >= 11 is 0. The van der Waals surface area contributed by atoms with Gasteiger partial charge >= 0.3 is 7.60 Å². The summed E-state index contributed by atoms with van der Waals surface area (Å²) in [6.07, 6.45) is -0.0769. The Kier molecular flexibility index (Phi) is 5.53. The summed E-state index contributed by atoms with van der Waals surface area (Å²) < 4.78 is 27.5. The van der Waals surface area contributed by atoms with Crippen molar-refractivity contribution in [2.24, 2.45) is 0 Å². The van der Waals surface area contributed by atoms with Gasteiger partial charge in [0.25, 0.3) is 0 Å². The number of ether oxygens (including phenoxy) is 1. The van der Waals surface area contributed by atoms with Crippen LogP contribution in [0.25, 0.3) is 0 Å². The van der Waals surface area contributed by atoms with Crippen LogP contribution in [-0.2, 0) is 13.6 Å². The second-order valence-corrected chi connectivity index (χ2v) is 4.96. The third-order valence-electron chi connectivity index (χ3n) is 1.72. The Labute approximate surface area is 96.1 Å². The quantitative estimate of drug-likeness (QED) is 0.690. The van der Waals surface area contributed by atoms with Gasteiger partial charge in [0, 0.05) is 0 Å². The summed E-state index contributed by atoms with van der Waals surface area (Å²) in [6.45, 7) is 4.20. The van der Waals surface area contributed by atoms with Crippen molar-refractivity contribution in [1.82, 2.24) is 0 Å². The van der Waals surface area contributed by atoms with Crippen LogP contribution in [0.2, 0.25) is 0 Å². The molecular formula is C11H16O4P. The predicted molar refractivity (Wildman–Crippen MR) is 61.6 cm³/mol. The Hall–Kier alpha value is -0.830. The summed E-state index contributed by atoms with van der Waals surface area (Å²) in [5, 5.41) is 0. The zero-order valence-corrected chi connectivity index (χ0v) is 10.4. The smallest absolute Gasteiger partial charge is 0.367 e. The first-order valence-corrected chi connectivity index (χ1v) is 6.90. The third-order valence-corrected chi connectivity index (χ3v) is 3.47. The van der Waals surface area contributed by atoms with E-state index in [0.29, 0.717) is 19.0 Å². The molecule has 1 aromatic rings. The molecule has 0 aromatic heterocycles. The van der Waals surface area contributed by atoms with Gasteiger partial charge in [-0.3, -0.25) is 4.57 Å². The van der Waals surface area contributed by atoms with E-state index in [9.17, 15) is 4.57 Å². The molecule has 89 valence electrons. The van der Waals surface area contributed by atoms with Gasteiger partial charge in [0.1, 0.15) is 5.75 Å². The first-order chi connectivity index (χ1) is 7.70. The number of rotatable bonds is 7. The van der Waals surface area contributed by atoms with E-state index in [4.69, 9.17) is 13.8 Å². The van der Waals surface area contributed by atoms with Gasteiger partial charge in [0.15, 0.2) is 6.35 Å². The molecule has 0 bridgehead atoms. The van der Waals surface area contributed by atoms with Gasteiger partial charge in [-0.05, 0) is 32.0 Å². The SMILES string of the molecule is CCOP(=O)(COc1c[c]ccc1)OCC. The fraction of sp³-hybridized carbons (Fsp3) is 0.455. The summed E-state index contributed by atoms with van der Waals surface area (Å²) in [4.78, 5) is 0. The molecule has 1 radical (unpaired) electrons. The Morgan fingerprint density at radius 1 is 1.31 bits per heavy atom. The van der Waals surface area contributed by atoms with Crippen molar-refractivity contribution >= 4 is 7.60 Å². The van der Waals surface area contributed by atoms with E-state index in [1.165, 1.54) is 0 Å². The molecular weight excluding hydrogens is 227 g/mol. The molecule has 0 saturated carbocycles. The van der Waals surface area contributed by atoms with Crippen LogP contribution in [0.3, 0.4) is 0 Å². The molecule has 0 amide bonds. The molecule has 0 atom stereocenters. The lowest BCUT2D eigenvalue weighted by Gasteiger charge is -2.17. The molecule has 4 nitrogen and oxygen atoms in total. The van der Waals surface area contributed by atoms with E-state index in [0.717, 1.165) is 0 Å². The molecule has 0 spiro atoms. The maximum absolute atomic E-state index is 12.0. The Morgan fingerprint density at radius 3 is 2.50 bits per heavy atom. The number of benzene rings is 1. The fourth-order valence-electron chi connectivity index (χ4n) is 1.13. The zero-order valence-electron chi connectivity index (χ0n) is 9.51. The highest BCUT2D eigenvalue weighted by atomic mass is 31.2. The van der Waals surface area contributed by atoms with Crippen LogP contribution in [0.15, 0.2) is 24.3 Å². The monoisotopic (exact) mass is 243 g/mol. The first kappa shape index (κ1) is 13.2. The van der Waals surface area contributed by atoms with Crippen molar-refractivity contribution in [3.63, 3.8) is 0 Å².